The molecule has 0 saturated heterocycles. The molecule has 1 rings (SSSR count). The molecule has 0 bridgehead atoms. The van der Waals surface area contributed by atoms with Gasteiger partial charge in [-0.25, -0.2) is 0 Å². The van der Waals surface area contributed by atoms with Crippen LogP contribution in [0.1, 0.15) is 40.5 Å². The van der Waals surface area contributed by atoms with Gasteiger partial charge in [0.2, 0.25) is 0 Å². The quantitative estimate of drug-likeness (QED) is 0.501. The van der Waals surface area contributed by atoms with E-state index < -0.39 is 0 Å². The average molecular weight is 196 g/mol. The average Bonchev–Trinajstić information content (AvgIpc) is 2.01. The summed E-state index contributed by atoms with van der Waals surface area (Å²) in [6.45, 7) is 7.97. The summed E-state index contributed by atoms with van der Waals surface area (Å²) in [7, 11) is 0. The molecule has 2 heteroatoms. The molecule has 1 aliphatic rings. The summed E-state index contributed by atoms with van der Waals surface area (Å²) >= 11 is 0. The van der Waals surface area contributed by atoms with Crippen LogP contribution in [0, 0.1) is 11.8 Å². The maximum atomic E-state index is 10.9. The fraction of sp³-hybridized carbons (Fsp3) is 0.750. The van der Waals surface area contributed by atoms with Crippen molar-refractivity contribution < 1.29 is 9.53 Å². The Labute approximate surface area is 86.3 Å². The molecule has 14 heavy (non-hydrogen) atoms. The summed E-state index contributed by atoms with van der Waals surface area (Å²) in [4.78, 5) is 10.9. The van der Waals surface area contributed by atoms with Crippen molar-refractivity contribution in [1.82, 2.24) is 0 Å². The lowest BCUT2D eigenvalue weighted by molar-refractivity contribution is -0.147. The molecule has 0 saturated carbocycles. The molecule has 0 N–H and O–H groups in total. The van der Waals surface area contributed by atoms with Gasteiger partial charge >= 0.3 is 5.97 Å². The van der Waals surface area contributed by atoms with Crippen molar-refractivity contribution in [3.05, 3.63) is 11.6 Å². The fourth-order valence-electron chi connectivity index (χ4n) is 2.07. The van der Waals surface area contributed by atoms with E-state index in [2.05, 4.69) is 26.8 Å². The van der Waals surface area contributed by atoms with Crippen LogP contribution < -0.4 is 0 Å². The van der Waals surface area contributed by atoms with E-state index in [0.29, 0.717) is 11.8 Å². The summed E-state index contributed by atoms with van der Waals surface area (Å²) < 4.78 is 5.32. The summed E-state index contributed by atoms with van der Waals surface area (Å²) in [5.74, 6) is 0.887. The highest BCUT2D eigenvalue weighted by Gasteiger charge is 2.28. The molecule has 0 radical (unpaired) electrons. The predicted molar refractivity (Wildman–Crippen MR) is 56.9 cm³/mol. The van der Waals surface area contributed by atoms with Crippen molar-refractivity contribution in [2.75, 3.05) is 0 Å². The molecule has 0 heterocycles. The Kier molecular flexibility index (Phi) is 3.73. The Morgan fingerprint density at radius 2 is 2.21 bits per heavy atom. The van der Waals surface area contributed by atoms with Gasteiger partial charge in [-0.3, -0.25) is 4.79 Å². The van der Waals surface area contributed by atoms with Gasteiger partial charge in [0, 0.05) is 12.8 Å². The van der Waals surface area contributed by atoms with Crippen LogP contribution >= 0.6 is 0 Å². The topological polar surface area (TPSA) is 26.3 Å². The van der Waals surface area contributed by atoms with Crippen molar-refractivity contribution in [2.24, 2.45) is 11.8 Å². The first-order chi connectivity index (χ1) is 6.50. The highest BCUT2D eigenvalue weighted by Crippen LogP contribution is 2.31. The molecule has 0 aromatic rings. The fourth-order valence-corrected chi connectivity index (χ4v) is 2.07. The molecule has 1 aliphatic carbocycles. The summed E-state index contributed by atoms with van der Waals surface area (Å²) in [6, 6.07) is 0. The lowest BCUT2D eigenvalue weighted by atomic mass is 9.80. The maximum Gasteiger partial charge on any atom is 0.303 e. The Balaban J connectivity index is 2.72. The number of allylic oxidation sites excluding steroid dienone is 1. The van der Waals surface area contributed by atoms with Gasteiger partial charge in [-0.2, -0.15) is 0 Å². The zero-order chi connectivity index (χ0) is 10.7. The van der Waals surface area contributed by atoms with Crippen LogP contribution in [0.3, 0.4) is 0 Å². The first-order valence-electron chi connectivity index (χ1n) is 5.35. The third-order valence-electron chi connectivity index (χ3n) is 2.90. The molecule has 2 nitrogen and oxygen atoms in total. The smallest absolute Gasteiger partial charge is 0.303 e. The van der Waals surface area contributed by atoms with Crippen molar-refractivity contribution in [2.45, 2.75) is 46.6 Å². The molecular weight excluding hydrogens is 176 g/mol. The Morgan fingerprint density at radius 1 is 1.57 bits per heavy atom. The van der Waals surface area contributed by atoms with E-state index in [-0.39, 0.29) is 12.1 Å². The normalized spacial score (nSPS) is 27.4. The molecule has 0 unspecified atom stereocenters. The van der Waals surface area contributed by atoms with Gasteiger partial charge in [0.05, 0.1) is 0 Å². The van der Waals surface area contributed by atoms with Crippen molar-refractivity contribution in [1.29, 1.82) is 0 Å². The monoisotopic (exact) mass is 196 g/mol. The van der Waals surface area contributed by atoms with Crippen LogP contribution in [0.4, 0.5) is 0 Å². The van der Waals surface area contributed by atoms with Crippen LogP contribution in [0.2, 0.25) is 0 Å². The molecule has 80 valence electrons. The lowest BCUT2D eigenvalue weighted by Gasteiger charge is -2.31. The van der Waals surface area contributed by atoms with Crippen LogP contribution in [0.25, 0.3) is 0 Å². The number of carbonyl (C=O) groups excluding carboxylic acids is 1. The van der Waals surface area contributed by atoms with Gasteiger partial charge in [-0.15, -0.1) is 0 Å². The Bertz CT molecular complexity index is 241. The highest BCUT2D eigenvalue weighted by molar-refractivity contribution is 5.66. The number of hydrogen-bond donors (Lipinski definition) is 0. The third-order valence-corrected chi connectivity index (χ3v) is 2.90. The summed E-state index contributed by atoms with van der Waals surface area (Å²) in [5.41, 5.74) is 1.34. The SMILES string of the molecule is CC(=O)O[C@H]1C=C(C)CC[C@@H]1C(C)C. The van der Waals surface area contributed by atoms with Crippen LogP contribution in [-0.4, -0.2) is 12.1 Å². The molecule has 0 fully saturated rings. The van der Waals surface area contributed by atoms with Gasteiger partial charge in [0.25, 0.3) is 0 Å². The van der Waals surface area contributed by atoms with Crippen LogP contribution in [0.15, 0.2) is 11.6 Å². The maximum absolute atomic E-state index is 10.9. The second-order valence-corrected chi connectivity index (χ2v) is 4.53. The first kappa shape index (κ1) is 11.3. The van der Waals surface area contributed by atoms with Gasteiger partial charge in [-0.05, 0) is 31.8 Å². The molecular formula is C12H20O2. The number of esters is 1. The van der Waals surface area contributed by atoms with Gasteiger partial charge < -0.3 is 4.74 Å². The highest BCUT2D eigenvalue weighted by atomic mass is 16.5. The van der Waals surface area contributed by atoms with E-state index in [9.17, 15) is 4.79 Å². The van der Waals surface area contributed by atoms with E-state index in [4.69, 9.17) is 4.74 Å². The van der Waals surface area contributed by atoms with E-state index >= 15 is 0 Å². The van der Waals surface area contributed by atoms with E-state index in [0.717, 1.165) is 12.8 Å². The Hall–Kier alpha value is -0.790. The van der Waals surface area contributed by atoms with Gasteiger partial charge in [0.15, 0.2) is 0 Å². The van der Waals surface area contributed by atoms with Crippen LogP contribution in [0.5, 0.6) is 0 Å². The number of carbonyl (C=O) groups is 1. The third kappa shape index (κ3) is 2.86. The minimum atomic E-state index is -0.174. The Morgan fingerprint density at radius 3 is 2.71 bits per heavy atom. The van der Waals surface area contributed by atoms with Crippen molar-refractivity contribution in [3.63, 3.8) is 0 Å². The predicted octanol–water partition coefficient (Wildman–Crippen LogP) is 2.93. The van der Waals surface area contributed by atoms with Gasteiger partial charge in [0.1, 0.15) is 6.10 Å². The van der Waals surface area contributed by atoms with Gasteiger partial charge in [-0.1, -0.05) is 19.4 Å². The van der Waals surface area contributed by atoms with Crippen molar-refractivity contribution >= 4 is 5.97 Å². The van der Waals surface area contributed by atoms with Crippen LogP contribution in [-0.2, 0) is 9.53 Å². The first-order valence-corrected chi connectivity index (χ1v) is 5.35. The zero-order valence-corrected chi connectivity index (χ0v) is 9.54. The van der Waals surface area contributed by atoms with Crippen molar-refractivity contribution in [3.8, 4) is 0 Å². The second kappa shape index (κ2) is 4.63. The lowest BCUT2D eigenvalue weighted by Crippen LogP contribution is -2.30. The van der Waals surface area contributed by atoms with E-state index in [1.165, 1.54) is 12.5 Å². The number of rotatable bonds is 2. The number of hydrogen-bond acceptors (Lipinski definition) is 2. The van der Waals surface area contributed by atoms with E-state index in [1.54, 1.807) is 0 Å². The largest absolute Gasteiger partial charge is 0.458 e. The molecule has 0 spiro atoms. The minimum Gasteiger partial charge on any atom is -0.458 e. The zero-order valence-electron chi connectivity index (χ0n) is 9.54. The molecule has 0 amide bonds. The molecule has 0 aliphatic heterocycles. The molecule has 2 atom stereocenters. The second-order valence-electron chi connectivity index (χ2n) is 4.53. The summed E-state index contributed by atoms with van der Waals surface area (Å²) in [6.07, 6.45) is 4.38. The summed E-state index contributed by atoms with van der Waals surface area (Å²) in [5, 5.41) is 0. The molecule has 0 aromatic heterocycles. The minimum absolute atomic E-state index is 0.00116. The number of ether oxygens (including phenoxy) is 1. The standard InChI is InChI=1S/C12H20O2/c1-8(2)11-6-5-9(3)7-12(11)14-10(4)13/h7-8,11-12H,5-6H2,1-4H3/t11-,12+/m1/s1. The van der Waals surface area contributed by atoms with E-state index in [1.807, 2.05) is 0 Å². The molecule has 0 aromatic carbocycles.